The molecule has 0 aliphatic heterocycles. The summed E-state index contributed by atoms with van der Waals surface area (Å²) >= 11 is 0. The van der Waals surface area contributed by atoms with Gasteiger partial charge in [0.15, 0.2) is 0 Å². The molecule has 1 N–H and O–H groups in total. The first kappa shape index (κ1) is 10.6. The van der Waals surface area contributed by atoms with Crippen LogP contribution in [0.1, 0.15) is 25.3 Å². The van der Waals surface area contributed by atoms with Crippen molar-refractivity contribution in [2.75, 3.05) is 6.61 Å². The Balaban J connectivity index is 2.87. The first-order valence-corrected chi connectivity index (χ1v) is 4.60. The highest BCUT2D eigenvalue weighted by atomic mass is 16.5. The summed E-state index contributed by atoms with van der Waals surface area (Å²) < 4.78 is 5.28. The Morgan fingerprint density at radius 2 is 2.29 bits per heavy atom. The van der Waals surface area contributed by atoms with Crippen molar-refractivity contribution in [3.63, 3.8) is 0 Å². The third-order valence-corrected chi connectivity index (χ3v) is 2.04. The number of hydrogen-bond donors (Lipinski definition) is 1. The number of aliphatic carboxylic acids is 1. The van der Waals surface area contributed by atoms with Crippen LogP contribution in [0.3, 0.4) is 0 Å². The summed E-state index contributed by atoms with van der Waals surface area (Å²) in [7, 11) is 0. The smallest absolute Gasteiger partial charge is 0.310 e. The monoisotopic (exact) mass is 194 g/mol. The molecule has 0 amide bonds. The highest BCUT2D eigenvalue weighted by Gasteiger charge is 2.13. The molecule has 1 aromatic carbocycles. The molecule has 0 aliphatic carbocycles. The van der Waals surface area contributed by atoms with Crippen LogP contribution in [0.5, 0.6) is 5.75 Å². The molecule has 1 rings (SSSR count). The minimum Gasteiger partial charge on any atom is -0.494 e. The fourth-order valence-corrected chi connectivity index (χ4v) is 1.18. The Hall–Kier alpha value is -1.51. The third kappa shape index (κ3) is 2.49. The Labute approximate surface area is 83.3 Å². The molecule has 76 valence electrons. The second kappa shape index (κ2) is 4.65. The van der Waals surface area contributed by atoms with Crippen LogP contribution >= 0.6 is 0 Å². The fourth-order valence-electron chi connectivity index (χ4n) is 1.18. The maximum atomic E-state index is 10.7. The van der Waals surface area contributed by atoms with Crippen LogP contribution in [0.2, 0.25) is 0 Å². The molecule has 0 aromatic heterocycles. The molecule has 0 saturated carbocycles. The van der Waals surface area contributed by atoms with E-state index in [0.29, 0.717) is 6.61 Å². The Kier molecular flexibility index (Phi) is 3.51. The van der Waals surface area contributed by atoms with Gasteiger partial charge in [-0.1, -0.05) is 12.1 Å². The van der Waals surface area contributed by atoms with Crippen molar-refractivity contribution in [2.45, 2.75) is 19.8 Å². The molecule has 0 radical (unpaired) electrons. The van der Waals surface area contributed by atoms with E-state index in [1.54, 1.807) is 25.1 Å². The first-order valence-electron chi connectivity index (χ1n) is 4.60. The van der Waals surface area contributed by atoms with Gasteiger partial charge in [-0.3, -0.25) is 4.79 Å². The van der Waals surface area contributed by atoms with Gasteiger partial charge < -0.3 is 9.84 Å². The minimum atomic E-state index is -0.821. The summed E-state index contributed by atoms with van der Waals surface area (Å²) in [5.74, 6) is -0.591. The van der Waals surface area contributed by atoms with Crippen LogP contribution in [0.15, 0.2) is 24.3 Å². The van der Waals surface area contributed by atoms with Crippen molar-refractivity contribution in [3.8, 4) is 5.75 Å². The van der Waals surface area contributed by atoms with Crippen molar-refractivity contribution in [1.82, 2.24) is 0 Å². The second-order valence-corrected chi connectivity index (χ2v) is 3.07. The van der Waals surface area contributed by atoms with Gasteiger partial charge in [0.25, 0.3) is 0 Å². The van der Waals surface area contributed by atoms with Crippen LogP contribution in [-0.4, -0.2) is 17.7 Å². The Bertz CT molecular complexity index is 320. The highest BCUT2D eigenvalue weighted by Crippen LogP contribution is 2.20. The van der Waals surface area contributed by atoms with Crippen LogP contribution in [-0.2, 0) is 4.79 Å². The summed E-state index contributed by atoms with van der Waals surface area (Å²) in [6, 6.07) is 7.19. The summed E-state index contributed by atoms with van der Waals surface area (Å²) in [6.07, 6.45) is 0. The zero-order chi connectivity index (χ0) is 10.6. The number of benzene rings is 1. The quantitative estimate of drug-likeness (QED) is 0.799. The van der Waals surface area contributed by atoms with Gasteiger partial charge in [0, 0.05) is 0 Å². The van der Waals surface area contributed by atoms with E-state index in [-0.39, 0.29) is 0 Å². The van der Waals surface area contributed by atoms with Gasteiger partial charge in [0.1, 0.15) is 5.75 Å². The van der Waals surface area contributed by atoms with Gasteiger partial charge in [0.2, 0.25) is 0 Å². The zero-order valence-electron chi connectivity index (χ0n) is 8.36. The van der Waals surface area contributed by atoms with E-state index < -0.39 is 11.9 Å². The molecule has 3 heteroatoms. The van der Waals surface area contributed by atoms with Gasteiger partial charge in [-0.15, -0.1) is 0 Å². The lowest BCUT2D eigenvalue weighted by molar-refractivity contribution is -0.138. The van der Waals surface area contributed by atoms with Crippen LogP contribution < -0.4 is 4.74 Å². The van der Waals surface area contributed by atoms with Crippen molar-refractivity contribution in [3.05, 3.63) is 29.8 Å². The van der Waals surface area contributed by atoms with Gasteiger partial charge in [-0.05, 0) is 31.5 Å². The fraction of sp³-hybridized carbons (Fsp3) is 0.364. The number of carbonyl (C=O) groups is 1. The third-order valence-electron chi connectivity index (χ3n) is 2.04. The second-order valence-electron chi connectivity index (χ2n) is 3.07. The average Bonchev–Trinajstić information content (AvgIpc) is 2.17. The zero-order valence-corrected chi connectivity index (χ0v) is 8.36. The molecule has 3 nitrogen and oxygen atoms in total. The van der Waals surface area contributed by atoms with E-state index in [1.165, 1.54) is 0 Å². The van der Waals surface area contributed by atoms with E-state index >= 15 is 0 Å². The maximum absolute atomic E-state index is 10.7. The number of carboxylic acids is 1. The van der Waals surface area contributed by atoms with E-state index in [2.05, 4.69) is 0 Å². The molecular formula is C11H14O3. The summed E-state index contributed by atoms with van der Waals surface area (Å²) in [5, 5.41) is 8.82. The van der Waals surface area contributed by atoms with E-state index in [0.717, 1.165) is 11.3 Å². The molecule has 0 aliphatic rings. The average molecular weight is 194 g/mol. The molecular weight excluding hydrogens is 180 g/mol. The topological polar surface area (TPSA) is 46.5 Å². The molecule has 0 saturated heterocycles. The number of ether oxygens (including phenoxy) is 1. The largest absolute Gasteiger partial charge is 0.494 e. The van der Waals surface area contributed by atoms with Gasteiger partial charge in [0.05, 0.1) is 12.5 Å². The van der Waals surface area contributed by atoms with Crippen molar-refractivity contribution < 1.29 is 14.6 Å². The molecule has 1 atom stereocenters. The van der Waals surface area contributed by atoms with E-state index in [1.807, 2.05) is 13.0 Å². The number of rotatable bonds is 4. The SMILES string of the molecule is CCOc1cccc(C(C)C(=O)O)c1. The van der Waals surface area contributed by atoms with E-state index in [4.69, 9.17) is 9.84 Å². The minimum absolute atomic E-state index is 0.490. The summed E-state index contributed by atoms with van der Waals surface area (Å²) in [4.78, 5) is 10.7. The van der Waals surface area contributed by atoms with E-state index in [9.17, 15) is 4.79 Å². The molecule has 0 bridgehead atoms. The van der Waals surface area contributed by atoms with Gasteiger partial charge in [-0.25, -0.2) is 0 Å². The molecule has 1 unspecified atom stereocenters. The molecule has 0 heterocycles. The summed E-state index contributed by atoms with van der Waals surface area (Å²) in [6.45, 7) is 4.14. The number of carboxylic acid groups (broad SMARTS) is 1. The predicted octanol–water partition coefficient (Wildman–Crippen LogP) is 2.27. The van der Waals surface area contributed by atoms with Crippen LogP contribution in [0.4, 0.5) is 0 Å². The Morgan fingerprint density at radius 1 is 1.57 bits per heavy atom. The molecule has 14 heavy (non-hydrogen) atoms. The lowest BCUT2D eigenvalue weighted by atomic mass is 10.0. The molecule has 0 fully saturated rings. The van der Waals surface area contributed by atoms with Crippen molar-refractivity contribution >= 4 is 5.97 Å². The van der Waals surface area contributed by atoms with Crippen LogP contribution in [0, 0.1) is 0 Å². The first-order chi connectivity index (χ1) is 6.65. The lowest BCUT2D eigenvalue weighted by Gasteiger charge is -2.08. The predicted molar refractivity (Wildman–Crippen MR) is 53.7 cm³/mol. The van der Waals surface area contributed by atoms with Crippen molar-refractivity contribution in [2.24, 2.45) is 0 Å². The normalized spacial score (nSPS) is 12.1. The van der Waals surface area contributed by atoms with Crippen molar-refractivity contribution in [1.29, 1.82) is 0 Å². The maximum Gasteiger partial charge on any atom is 0.310 e. The van der Waals surface area contributed by atoms with Gasteiger partial charge >= 0.3 is 5.97 Å². The molecule has 1 aromatic rings. The summed E-state index contributed by atoms with van der Waals surface area (Å²) in [5.41, 5.74) is 0.767. The van der Waals surface area contributed by atoms with Gasteiger partial charge in [-0.2, -0.15) is 0 Å². The number of hydrogen-bond acceptors (Lipinski definition) is 2. The lowest BCUT2D eigenvalue weighted by Crippen LogP contribution is -2.07. The Morgan fingerprint density at radius 3 is 2.86 bits per heavy atom. The highest BCUT2D eigenvalue weighted by molar-refractivity contribution is 5.75. The van der Waals surface area contributed by atoms with Crippen LogP contribution in [0.25, 0.3) is 0 Å². The molecule has 0 spiro atoms. The standard InChI is InChI=1S/C11H14O3/c1-3-14-10-6-4-5-9(7-10)8(2)11(12)13/h4-8H,3H2,1-2H3,(H,12,13).